The minimum Gasteiger partial charge on any atom is -0.375 e. The van der Waals surface area contributed by atoms with E-state index < -0.39 is 23.7 Å². The van der Waals surface area contributed by atoms with Gasteiger partial charge in [0, 0.05) is 19.3 Å². The molecule has 5 nitrogen and oxygen atoms in total. The quantitative estimate of drug-likeness (QED) is 0.820. The predicted octanol–water partition coefficient (Wildman–Crippen LogP) is 2.88. The summed E-state index contributed by atoms with van der Waals surface area (Å²) in [6.07, 6.45) is -0.548. The minimum atomic E-state index is -0.778. The van der Waals surface area contributed by atoms with Crippen LogP contribution in [0.25, 0.3) is 0 Å². The molecule has 2 rings (SSSR count). The molecule has 0 spiro atoms. The Balaban J connectivity index is 1.96. The molecule has 0 saturated carbocycles. The highest BCUT2D eigenvalue weighted by Gasteiger charge is 2.18. The molecular formula is C19H21FN2O3. The lowest BCUT2D eigenvalue weighted by molar-refractivity contribution is -0.136. The zero-order valence-corrected chi connectivity index (χ0v) is 14.4. The Morgan fingerprint density at radius 2 is 1.84 bits per heavy atom. The van der Waals surface area contributed by atoms with Gasteiger partial charge in [0.1, 0.15) is 5.82 Å². The van der Waals surface area contributed by atoms with Crippen molar-refractivity contribution in [2.45, 2.75) is 20.0 Å². The lowest BCUT2D eigenvalue weighted by atomic mass is 10.1. The van der Waals surface area contributed by atoms with Gasteiger partial charge < -0.3 is 15.4 Å². The Kier molecular flexibility index (Phi) is 6.25. The third-order valence-electron chi connectivity index (χ3n) is 4.01. The van der Waals surface area contributed by atoms with Gasteiger partial charge >= 0.3 is 11.8 Å². The number of carbonyl (C=O) groups excluding carboxylic acids is 2. The van der Waals surface area contributed by atoms with Gasteiger partial charge in [-0.25, -0.2) is 4.39 Å². The third-order valence-corrected chi connectivity index (χ3v) is 4.01. The molecule has 2 aromatic carbocycles. The lowest BCUT2D eigenvalue weighted by Gasteiger charge is -2.16. The smallest absolute Gasteiger partial charge is 0.313 e. The summed E-state index contributed by atoms with van der Waals surface area (Å²) >= 11 is 0. The first kappa shape index (κ1) is 18.6. The highest BCUT2D eigenvalue weighted by molar-refractivity contribution is 6.39. The molecule has 0 fully saturated rings. The number of aryl methyl sites for hydroxylation is 1. The van der Waals surface area contributed by atoms with Crippen LogP contribution in [-0.4, -0.2) is 25.5 Å². The van der Waals surface area contributed by atoms with Crippen LogP contribution in [0.3, 0.4) is 0 Å². The number of carbonyl (C=O) groups is 2. The molecule has 0 aliphatic rings. The third kappa shape index (κ3) is 4.87. The van der Waals surface area contributed by atoms with E-state index in [2.05, 4.69) is 10.6 Å². The summed E-state index contributed by atoms with van der Waals surface area (Å²) in [5.41, 5.74) is 3.09. The van der Waals surface area contributed by atoms with Crippen molar-refractivity contribution in [3.05, 3.63) is 65.0 Å². The highest BCUT2D eigenvalue weighted by Crippen LogP contribution is 2.18. The monoisotopic (exact) mass is 344 g/mol. The zero-order chi connectivity index (χ0) is 18.4. The van der Waals surface area contributed by atoms with Crippen molar-refractivity contribution in [1.29, 1.82) is 0 Å². The van der Waals surface area contributed by atoms with Crippen molar-refractivity contribution in [2.24, 2.45) is 0 Å². The molecule has 0 aliphatic carbocycles. The molecule has 0 aliphatic heterocycles. The number of nitrogens with one attached hydrogen (secondary N) is 2. The number of hydrogen-bond acceptors (Lipinski definition) is 3. The van der Waals surface area contributed by atoms with E-state index in [0.29, 0.717) is 11.3 Å². The van der Waals surface area contributed by atoms with E-state index in [1.807, 2.05) is 19.9 Å². The molecule has 1 atom stereocenters. The number of hydrogen-bond donors (Lipinski definition) is 2. The molecule has 2 N–H and O–H groups in total. The Bertz CT molecular complexity index is 777. The van der Waals surface area contributed by atoms with Crippen molar-refractivity contribution in [3.8, 4) is 0 Å². The predicted molar refractivity (Wildman–Crippen MR) is 93.7 cm³/mol. The second kappa shape index (κ2) is 8.39. The van der Waals surface area contributed by atoms with Gasteiger partial charge in [0.05, 0.1) is 6.10 Å². The lowest BCUT2D eigenvalue weighted by Crippen LogP contribution is -2.38. The molecule has 0 bridgehead atoms. The SMILES string of the molecule is COC(CNC(=O)C(=O)Nc1cccc(C)c1C)c1cccc(F)c1. The van der Waals surface area contributed by atoms with Gasteiger partial charge in [0.25, 0.3) is 0 Å². The van der Waals surface area contributed by atoms with Gasteiger partial charge in [-0.1, -0.05) is 24.3 Å². The van der Waals surface area contributed by atoms with Crippen LogP contribution in [0.5, 0.6) is 0 Å². The molecule has 0 saturated heterocycles. The van der Waals surface area contributed by atoms with E-state index in [0.717, 1.165) is 11.1 Å². The maximum absolute atomic E-state index is 13.3. The highest BCUT2D eigenvalue weighted by atomic mass is 19.1. The van der Waals surface area contributed by atoms with E-state index in [4.69, 9.17) is 4.74 Å². The number of halogens is 1. The van der Waals surface area contributed by atoms with Crippen molar-refractivity contribution in [2.75, 3.05) is 19.0 Å². The second-order valence-electron chi connectivity index (χ2n) is 5.69. The topological polar surface area (TPSA) is 67.4 Å². The van der Waals surface area contributed by atoms with E-state index in [1.54, 1.807) is 24.3 Å². The number of ether oxygens (including phenoxy) is 1. The van der Waals surface area contributed by atoms with Crippen LogP contribution in [0.4, 0.5) is 10.1 Å². The summed E-state index contributed by atoms with van der Waals surface area (Å²) in [7, 11) is 1.46. The van der Waals surface area contributed by atoms with Gasteiger partial charge in [0.15, 0.2) is 0 Å². The molecule has 0 aromatic heterocycles. The average molecular weight is 344 g/mol. The van der Waals surface area contributed by atoms with E-state index >= 15 is 0 Å². The van der Waals surface area contributed by atoms with Crippen LogP contribution in [0, 0.1) is 19.7 Å². The second-order valence-corrected chi connectivity index (χ2v) is 5.69. The van der Waals surface area contributed by atoms with Gasteiger partial charge in [-0.15, -0.1) is 0 Å². The summed E-state index contributed by atoms with van der Waals surface area (Å²) in [4.78, 5) is 24.1. The van der Waals surface area contributed by atoms with Crippen LogP contribution in [0.1, 0.15) is 22.8 Å². The number of anilines is 1. The zero-order valence-electron chi connectivity index (χ0n) is 14.4. The molecule has 1 unspecified atom stereocenters. The van der Waals surface area contributed by atoms with E-state index in [9.17, 15) is 14.0 Å². The maximum Gasteiger partial charge on any atom is 0.313 e. The maximum atomic E-state index is 13.3. The molecule has 0 radical (unpaired) electrons. The number of amides is 2. The molecule has 2 amide bonds. The molecule has 132 valence electrons. The summed E-state index contributed by atoms with van der Waals surface area (Å²) in [5, 5.41) is 5.10. The standard InChI is InChI=1S/C19H21FN2O3/c1-12-6-4-9-16(13(12)2)22-19(24)18(23)21-11-17(25-3)14-7-5-8-15(20)10-14/h4-10,17H,11H2,1-3H3,(H,21,23)(H,22,24). The first-order chi connectivity index (χ1) is 11.9. The fourth-order valence-electron chi connectivity index (χ4n) is 2.38. The van der Waals surface area contributed by atoms with Gasteiger partial charge in [0.2, 0.25) is 0 Å². The molecule has 0 heterocycles. The minimum absolute atomic E-state index is 0.0546. The molecule has 2 aromatic rings. The van der Waals surface area contributed by atoms with Crippen molar-refractivity contribution < 1.29 is 18.7 Å². The molecular weight excluding hydrogens is 323 g/mol. The van der Waals surface area contributed by atoms with Crippen molar-refractivity contribution in [1.82, 2.24) is 5.32 Å². The Morgan fingerprint density at radius 1 is 1.12 bits per heavy atom. The van der Waals surface area contributed by atoms with Crippen LogP contribution < -0.4 is 10.6 Å². The van der Waals surface area contributed by atoms with Crippen LogP contribution >= 0.6 is 0 Å². The fourth-order valence-corrected chi connectivity index (χ4v) is 2.38. The summed E-state index contributed by atoms with van der Waals surface area (Å²) in [6.45, 7) is 3.85. The van der Waals surface area contributed by atoms with Crippen molar-refractivity contribution in [3.63, 3.8) is 0 Å². The number of benzene rings is 2. The first-order valence-corrected chi connectivity index (χ1v) is 7.86. The summed E-state index contributed by atoms with van der Waals surface area (Å²) < 4.78 is 18.6. The van der Waals surface area contributed by atoms with E-state index in [-0.39, 0.29) is 6.54 Å². The van der Waals surface area contributed by atoms with E-state index in [1.165, 1.54) is 19.2 Å². The van der Waals surface area contributed by atoms with Gasteiger partial charge in [-0.3, -0.25) is 9.59 Å². The fraction of sp³-hybridized carbons (Fsp3) is 0.263. The first-order valence-electron chi connectivity index (χ1n) is 7.86. The van der Waals surface area contributed by atoms with Crippen LogP contribution in [0.2, 0.25) is 0 Å². The Hall–Kier alpha value is -2.73. The molecule has 25 heavy (non-hydrogen) atoms. The normalized spacial score (nSPS) is 11.7. The van der Waals surface area contributed by atoms with Gasteiger partial charge in [-0.05, 0) is 48.7 Å². The Morgan fingerprint density at radius 3 is 2.52 bits per heavy atom. The molecule has 6 heteroatoms. The van der Waals surface area contributed by atoms with Crippen LogP contribution in [0.15, 0.2) is 42.5 Å². The number of rotatable bonds is 5. The van der Waals surface area contributed by atoms with Crippen LogP contribution in [-0.2, 0) is 14.3 Å². The average Bonchev–Trinajstić information content (AvgIpc) is 2.59. The summed E-state index contributed by atoms with van der Waals surface area (Å²) in [6, 6.07) is 11.4. The summed E-state index contributed by atoms with van der Waals surface area (Å²) in [5.74, 6) is -1.93. The number of methoxy groups -OCH3 is 1. The largest absolute Gasteiger partial charge is 0.375 e. The van der Waals surface area contributed by atoms with Crippen molar-refractivity contribution >= 4 is 17.5 Å². The van der Waals surface area contributed by atoms with Gasteiger partial charge in [-0.2, -0.15) is 0 Å². The Labute approximate surface area is 146 Å².